The molecule has 8 heteroatoms. The fourth-order valence-electron chi connectivity index (χ4n) is 1.35. The van der Waals surface area contributed by atoms with Gasteiger partial charge in [0.1, 0.15) is 12.2 Å². The van der Waals surface area contributed by atoms with Gasteiger partial charge in [-0.05, 0) is 13.8 Å². The molecule has 0 unspecified atom stereocenters. The van der Waals surface area contributed by atoms with Gasteiger partial charge in [-0.25, -0.2) is 4.68 Å². The standard InChI is InChI=1S/C8H12N4O4/c1-3-11-8(9-4-6(13)14)7(12(15)16)5(2)10-11/h9H,3-4H2,1-2H3,(H,13,14). The van der Waals surface area contributed by atoms with Gasteiger partial charge in [0.25, 0.3) is 0 Å². The number of aromatic nitrogens is 2. The molecule has 0 aliphatic rings. The van der Waals surface area contributed by atoms with Crippen molar-refractivity contribution in [1.82, 2.24) is 9.78 Å². The van der Waals surface area contributed by atoms with Crippen LogP contribution in [0, 0.1) is 17.0 Å². The van der Waals surface area contributed by atoms with Gasteiger partial charge in [0, 0.05) is 6.54 Å². The molecule has 0 radical (unpaired) electrons. The average Bonchev–Trinajstić information content (AvgIpc) is 2.51. The van der Waals surface area contributed by atoms with Crippen molar-refractivity contribution in [2.45, 2.75) is 20.4 Å². The molecule has 0 amide bonds. The third-order valence-electron chi connectivity index (χ3n) is 1.99. The first-order valence-electron chi connectivity index (χ1n) is 4.64. The zero-order valence-electron chi connectivity index (χ0n) is 8.93. The lowest BCUT2D eigenvalue weighted by molar-refractivity contribution is -0.384. The molecule has 1 rings (SSSR count). The van der Waals surface area contributed by atoms with Crippen molar-refractivity contribution in [2.24, 2.45) is 0 Å². The molecule has 88 valence electrons. The molecule has 0 bridgehead atoms. The van der Waals surface area contributed by atoms with Crippen molar-refractivity contribution < 1.29 is 14.8 Å². The van der Waals surface area contributed by atoms with Gasteiger partial charge in [0.2, 0.25) is 5.82 Å². The van der Waals surface area contributed by atoms with Gasteiger partial charge in [-0.1, -0.05) is 0 Å². The fraction of sp³-hybridized carbons (Fsp3) is 0.500. The van der Waals surface area contributed by atoms with Crippen LogP contribution < -0.4 is 5.32 Å². The largest absolute Gasteiger partial charge is 0.480 e. The zero-order valence-corrected chi connectivity index (χ0v) is 8.93. The van der Waals surface area contributed by atoms with Crippen molar-refractivity contribution in [1.29, 1.82) is 0 Å². The number of nitro groups is 1. The first-order chi connectivity index (χ1) is 7.47. The zero-order chi connectivity index (χ0) is 12.3. The second-order valence-corrected chi connectivity index (χ2v) is 3.10. The second kappa shape index (κ2) is 4.60. The lowest BCUT2D eigenvalue weighted by atomic mass is 10.4. The first kappa shape index (κ1) is 12.0. The Balaban J connectivity index is 3.11. The van der Waals surface area contributed by atoms with Crippen molar-refractivity contribution >= 4 is 17.5 Å². The molecule has 16 heavy (non-hydrogen) atoms. The van der Waals surface area contributed by atoms with Gasteiger partial charge in [-0.2, -0.15) is 5.10 Å². The Bertz CT molecular complexity index is 426. The predicted octanol–water partition coefficient (Wildman–Crippen LogP) is 0.616. The number of carbonyl (C=O) groups is 1. The van der Waals surface area contributed by atoms with Crippen LogP contribution in [0.3, 0.4) is 0 Å². The number of aliphatic carboxylic acids is 1. The van der Waals surface area contributed by atoms with Crippen molar-refractivity contribution in [3.8, 4) is 0 Å². The maximum absolute atomic E-state index is 10.8. The highest BCUT2D eigenvalue weighted by Crippen LogP contribution is 2.27. The lowest BCUT2D eigenvalue weighted by Crippen LogP contribution is -2.16. The van der Waals surface area contributed by atoms with E-state index in [9.17, 15) is 14.9 Å². The van der Waals surface area contributed by atoms with Crippen molar-refractivity contribution in [3.63, 3.8) is 0 Å². The average molecular weight is 228 g/mol. The topological polar surface area (TPSA) is 110 Å². The fourth-order valence-corrected chi connectivity index (χ4v) is 1.35. The van der Waals surface area contributed by atoms with Gasteiger partial charge in [0.15, 0.2) is 0 Å². The number of anilines is 1. The summed E-state index contributed by atoms with van der Waals surface area (Å²) in [5.74, 6) is -0.955. The second-order valence-electron chi connectivity index (χ2n) is 3.10. The van der Waals surface area contributed by atoms with Crippen LogP contribution in [0.25, 0.3) is 0 Å². The van der Waals surface area contributed by atoms with E-state index in [-0.39, 0.29) is 23.7 Å². The first-order valence-corrected chi connectivity index (χ1v) is 4.64. The predicted molar refractivity (Wildman–Crippen MR) is 55.4 cm³/mol. The summed E-state index contributed by atoms with van der Waals surface area (Å²) >= 11 is 0. The Kier molecular flexibility index (Phi) is 3.44. The van der Waals surface area contributed by atoms with E-state index < -0.39 is 10.9 Å². The van der Waals surface area contributed by atoms with Crippen LogP contribution in [0.2, 0.25) is 0 Å². The number of carboxylic acids is 1. The summed E-state index contributed by atoms with van der Waals surface area (Å²) in [5.41, 5.74) is 0.0860. The van der Waals surface area contributed by atoms with Crippen LogP contribution in [-0.2, 0) is 11.3 Å². The summed E-state index contributed by atoms with van der Waals surface area (Å²) in [5, 5.41) is 25.7. The molecule has 0 atom stereocenters. The normalized spacial score (nSPS) is 10.1. The van der Waals surface area contributed by atoms with Crippen LogP contribution >= 0.6 is 0 Å². The molecule has 0 aromatic carbocycles. The quantitative estimate of drug-likeness (QED) is 0.564. The van der Waals surface area contributed by atoms with E-state index in [1.165, 1.54) is 11.6 Å². The molecular weight excluding hydrogens is 216 g/mol. The molecule has 0 aliphatic carbocycles. The Morgan fingerprint density at radius 2 is 2.31 bits per heavy atom. The third kappa shape index (κ3) is 2.27. The lowest BCUT2D eigenvalue weighted by Gasteiger charge is -2.04. The number of nitrogens with one attached hydrogen (secondary N) is 1. The van der Waals surface area contributed by atoms with Crippen LogP contribution in [0.4, 0.5) is 11.5 Å². The van der Waals surface area contributed by atoms with Crippen LogP contribution in [0.1, 0.15) is 12.6 Å². The molecule has 0 spiro atoms. The number of rotatable bonds is 5. The number of carboxylic acid groups (broad SMARTS) is 1. The van der Waals surface area contributed by atoms with E-state index in [0.29, 0.717) is 6.54 Å². The summed E-state index contributed by atoms with van der Waals surface area (Å²) in [6, 6.07) is 0. The Labute approximate surface area is 91.0 Å². The van der Waals surface area contributed by atoms with E-state index in [4.69, 9.17) is 5.11 Å². The summed E-state index contributed by atoms with van der Waals surface area (Å²) in [6.07, 6.45) is 0. The minimum Gasteiger partial charge on any atom is -0.480 e. The van der Waals surface area contributed by atoms with Gasteiger partial charge in [-0.3, -0.25) is 14.9 Å². The van der Waals surface area contributed by atoms with E-state index in [2.05, 4.69) is 10.4 Å². The Morgan fingerprint density at radius 3 is 2.75 bits per heavy atom. The van der Waals surface area contributed by atoms with Crippen LogP contribution in [-0.4, -0.2) is 32.3 Å². The van der Waals surface area contributed by atoms with E-state index in [0.717, 1.165) is 0 Å². The molecular formula is C8H12N4O4. The summed E-state index contributed by atoms with van der Waals surface area (Å²) in [7, 11) is 0. The van der Waals surface area contributed by atoms with Gasteiger partial charge in [0.05, 0.1) is 4.92 Å². The van der Waals surface area contributed by atoms with Gasteiger partial charge < -0.3 is 10.4 Å². The number of nitrogens with zero attached hydrogens (tertiary/aromatic N) is 3. The molecule has 1 heterocycles. The van der Waals surface area contributed by atoms with E-state index in [1.54, 1.807) is 6.92 Å². The van der Waals surface area contributed by atoms with Crippen molar-refractivity contribution in [3.05, 3.63) is 15.8 Å². The van der Waals surface area contributed by atoms with E-state index in [1.807, 2.05) is 0 Å². The minimum absolute atomic E-state index is 0.132. The van der Waals surface area contributed by atoms with Gasteiger partial charge >= 0.3 is 11.7 Å². The van der Waals surface area contributed by atoms with Crippen LogP contribution in [0.15, 0.2) is 0 Å². The molecule has 0 fully saturated rings. The number of hydrogen-bond donors (Lipinski definition) is 2. The molecule has 2 N–H and O–H groups in total. The molecule has 8 nitrogen and oxygen atoms in total. The maximum Gasteiger partial charge on any atom is 0.333 e. The Hall–Kier alpha value is -2.12. The molecule has 0 saturated heterocycles. The highest BCUT2D eigenvalue weighted by atomic mass is 16.6. The summed E-state index contributed by atoms with van der Waals surface area (Å²) in [6.45, 7) is 3.32. The molecule has 1 aromatic heterocycles. The number of aryl methyl sites for hydroxylation is 2. The Morgan fingerprint density at radius 1 is 1.69 bits per heavy atom. The number of hydrogen-bond acceptors (Lipinski definition) is 5. The van der Waals surface area contributed by atoms with Crippen LogP contribution in [0.5, 0.6) is 0 Å². The highest BCUT2D eigenvalue weighted by molar-refractivity contribution is 5.74. The maximum atomic E-state index is 10.8. The third-order valence-corrected chi connectivity index (χ3v) is 1.99. The monoisotopic (exact) mass is 228 g/mol. The molecule has 1 aromatic rings. The van der Waals surface area contributed by atoms with Crippen molar-refractivity contribution in [2.75, 3.05) is 11.9 Å². The highest BCUT2D eigenvalue weighted by Gasteiger charge is 2.24. The van der Waals surface area contributed by atoms with Gasteiger partial charge in [-0.15, -0.1) is 0 Å². The summed E-state index contributed by atoms with van der Waals surface area (Å²) in [4.78, 5) is 20.6. The summed E-state index contributed by atoms with van der Waals surface area (Å²) < 4.78 is 1.37. The molecule has 0 aliphatic heterocycles. The smallest absolute Gasteiger partial charge is 0.333 e. The minimum atomic E-state index is -1.09. The van der Waals surface area contributed by atoms with E-state index >= 15 is 0 Å². The molecule has 0 saturated carbocycles. The SMILES string of the molecule is CCn1nc(C)c([N+](=O)[O-])c1NCC(=O)O.